The number of morpholine rings is 1. The fourth-order valence-corrected chi connectivity index (χ4v) is 3.02. The van der Waals surface area contributed by atoms with Gasteiger partial charge in [0.05, 0.1) is 31.8 Å². The summed E-state index contributed by atoms with van der Waals surface area (Å²) in [6.45, 7) is 5.28. The second-order valence-corrected chi connectivity index (χ2v) is 5.79. The molecular weight excluding hydrogens is 254 g/mol. The van der Waals surface area contributed by atoms with Crippen LogP contribution >= 0.6 is 0 Å². The Bertz CT molecular complexity index is 477. The molecule has 3 rings (SSSR count). The van der Waals surface area contributed by atoms with E-state index in [1.165, 1.54) is 5.56 Å². The van der Waals surface area contributed by atoms with Gasteiger partial charge in [-0.05, 0) is 18.9 Å². The van der Waals surface area contributed by atoms with Crippen LogP contribution in [0, 0.1) is 6.92 Å². The Morgan fingerprint density at radius 3 is 2.60 bits per heavy atom. The molecule has 20 heavy (non-hydrogen) atoms. The van der Waals surface area contributed by atoms with Crippen molar-refractivity contribution < 1.29 is 14.3 Å². The molecule has 4 heteroatoms. The van der Waals surface area contributed by atoms with Crippen molar-refractivity contribution in [3.63, 3.8) is 0 Å². The van der Waals surface area contributed by atoms with E-state index in [0.29, 0.717) is 32.8 Å². The maximum atomic E-state index is 12.6. The lowest BCUT2D eigenvalue weighted by Crippen LogP contribution is -2.60. The molecule has 4 nitrogen and oxygen atoms in total. The topological polar surface area (TPSA) is 38.8 Å². The van der Waals surface area contributed by atoms with E-state index in [-0.39, 0.29) is 11.4 Å². The van der Waals surface area contributed by atoms with E-state index in [4.69, 9.17) is 9.47 Å². The van der Waals surface area contributed by atoms with Crippen LogP contribution in [0.5, 0.6) is 0 Å². The van der Waals surface area contributed by atoms with E-state index in [9.17, 15) is 4.79 Å². The number of hydrogen-bond donors (Lipinski definition) is 0. The van der Waals surface area contributed by atoms with E-state index < -0.39 is 0 Å². The summed E-state index contributed by atoms with van der Waals surface area (Å²) in [5.74, 6) is 0.183. The molecule has 0 bridgehead atoms. The van der Waals surface area contributed by atoms with Crippen molar-refractivity contribution in [2.45, 2.75) is 25.3 Å². The minimum Gasteiger partial charge on any atom is -0.379 e. The summed E-state index contributed by atoms with van der Waals surface area (Å²) in [6, 6.07) is 8.17. The number of hydrogen-bond acceptors (Lipinski definition) is 3. The number of ether oxygens (including phenoxy) is 2. The normalized spacial score (nSPS) is 26.1. The molecule has 0 N–H and O–H groups in total. The van der Waals surface area contributed by atoms with Crippen molar-refractivity contribution in [2.75, 3.05) is 33.0 Å². The molecule has 2 fully saturated rings. The van der Waals surface area contributed by atoms with Gasteiger partial charge in [-0.1, -0.05) is 29.8 Å². The molecule has 108 valence electrons. The van der Waals surface area contributed by atoms with Gasteiger partial charge in [0.2, 0.25) is 5.91 Å². The van der Waals surface area contributed by atoms with E-state index >= 15 is 0 Å². The summed E-state index contributed by atoms with van der Waals surface area (Å²) in [5.41, 5.74) is 2.06. The van der Waals surface area contributed by atoms with E-state index in [0.717, 1.165) is 18.6 Å². The van der Waals surface area contributed by atoms with Gasteiger partial charge < -0.3 is 14.4 Å². The molecule has 0 aliphatic carbocycles. The molecule has 1 amide bonds. The fraction of sp³-hybridized carbons (Fsp3) is 0.562. The first-order valence-electron chi connectivity index (χ1n) is 7.21. The summed E-state index contributed by atoms with van der Waals surface area (Å²) >= 11 is 0. The quantitative estimate of drug-likeness (QED) is 0.822. The third-order valence-corrected chi connectivity index (χ3v) is 4.26. The Kier molecular flexibility index (Phi) is 3.76. The third kappa shape index (κ3) is 2.58. The largest absolute Gasteiger partial charge is 0.379 e. The maximum Gasteiger partial charge on any atom is 0.227 e. The highest BCUT2D eigenvalue weighted by Crippen LogP contribution is 2.29. The molecule has 0 radical (unpaired) electrons. The molecule has 1 spiro atoms. The summed E-state index contributed by atoms with van der Waals surface area (Å²) in [4.78, 5) is 14.6. The average molecular weight is 275 g/mol. The van der Waals surface area contributed by atoms with Crippen LogP contribution in [0.15, 0.2) is 24.3 Å². The monoisotopic (exact) mass is 275 g/mol. The van der Waals surface area contributed by atoms with Crippen LogP contribution in [0.3, 0.4) is 0 Å². The predicted octanol–water partition coefficient (Wildman–Crippen LogP) is 1.56. The minimum atomic E-state index is -0.222. The lowest BCUT2D eigenvalue weighted by Gasteiger charge is -2.43. The zero-order chi connectivity index (χ0) is 14.0. The Morgan fingerprint density at radius 2 is 1.90 bits per heavy atom. The minimum absolute atomic E-state index is 0.183. The molecule has 1 aromatic carbocycles. The van der Waals surface area contributed by atoms with Crippen LogP contribution in [0.1, 0.15) is 17.5 Å². The molecule has 2 aliphatic rings. The second kappa shape index (κ2) is 5.54. The number of nitrogens with zero attached hydrogens (tertiary/aromatic N) is 1. The highest BCUT2D eigenvalue weighted by Gasteiger charge is 2.45. The van der Waals surface area contributed by atoms with Gasteiger partial charge in [-0.2, -0.15) is 0 Å². The maximum absolute atomic E-state index is 12.6. The standard InChI is InChI=1S/C16H21NO3/c1-13-2-4-14(5-3-13)10-15(18)17-7-9-20-12-16(17)6-8-19-11-16/h2-5H,6-12H2,1H3. The van der Waals surface area contributed by atoms with Crippen molar-refractivity contribution in [1.29, 1.82) is 0 Å². The number of aryl methyl sites for hydroxylation is 1. The Hall–Kier alpha value is -1.39. The van der Waals surface area contributed by atoms with Gasteiger partial charge in [0, 0.05) is 13.2 Å². The van der Waals surface area contributed by atoms with Crippen molar-refractivity contribution in [2.24, 2.45) is 0 Å². The van der Waals surface area contributed by atoms with Gasteiger partial charge in [0.25, 0.3) is 0 Å². The zero-order valence-electron chi connectivity index (χ0n) is 11.9. The average Bonchev–Trinajstić information content (AvgIpc) is 2.90. The summed E-state index contributed by atoms with van der Waals surface area (Å²) in [5, 5.41) is 0. The molecule has 1 aromatic rings. The molecule has 1 unspecified atom stereocenters. The van der Waals surface area contributed by atoms with Crippen molar-refractivity contribution >= 4 is 5.91 Å². The smallest absolute Gasteiger partial charge is 0.227 e. The van der Waals surface area contributed by atoms with Crippen LogP contribution < -0.4 is 0 Å². The summed E-state index contributed by atoms with van der Waals surface area (Å²) < 4.78 is 11.1. The van der Waals surface area contributed by atoms with Crippen molar-refractivity contribution in [3.8, 4) is 0 Å². The highest BCUT2D eigenvalue weighted by molar-refractivity contribution is 5.79. The van der Waals surface area contributed by atoms with Crippen LogP contribution in [-0.4, -0.2) is 49.3 Å². The van der Waals surface area contributed by atoms with Crippen LogP contribution in [-0.2, 0) is 20.7 Å². The Balaban J connectivity index is 1.73. The molecule has 0 saturated carbocycles. The first-order chi connectivity index (χ1) is 9.70. The van der Waals surface area contributed by atoms with E-state index in [2.05, 4.69) is 19.1 Å². The second-order valence-electron chi connectivity index (χ2n) is 5.79. The van der Waals surface area contributed by atoms with Gasteiger partial charge in [0.1, 0.15) is 0 Å². The molecule has 1 atom stereocenters. The summed E-state index contributed by atoms with van der Waals surface area (Å²) in [6.07, 6.45) is 1.34. The lowest BCUT2D eigenvalue weighted by molar-refractivity contribution is -0.148. The molecule has 0 aromatic heterocycles. The SMILES string of the molecule is Cc1ccc(CC(=O)N2CCOCC23CCOC3)cc1. The first kappa shape index (κ1) is 13.6. The van der Waals surface area contributed by atoms with Crippen LogP contribution in [0.2, 0.25) is 0 Å². The zero-order valence-corrected chi connectivity index (χ0v) is 11.9. The van der Waals surface area contributed by atoms with Crippen LogP contribution in [0.4, 0.5) is 0 Å². The summed E-state index contributed by atoms with van der Waals surface area (Å²) in [7, 11) is 0. The predicted molar refractivity (Wildman–Crippen MR) is 75.6 cm³/mol. The molecule has 2 heterocycles. The highest BCUT2D eigenvalue weighted by atomic mass is 16.5. The fourth-order valence-electron chi connectivity index (χ4n) is 3.02. The number of carbonyl (C=O) groups is 1. The molecular formula is C16H21NO3. The number of amides is 1. The third-order valence-electron chi connectivity index (χ3n) is 4.26. The van der Waals surface area contributed by atoms with E-state index in [1.807, 2.05) is 17.0 Å². The first-order valence-corrected chi connectivity index (χ1v) is 7.21. The van der Waals surface area contributed by atoms with Crippen LogP contribution in [0.25, 0.3) is 0 Å². The van der Waals surface area contributed by atoms with Gasteiger partial charge in [-0.3, -0.25) is 4.79 Å². The van der Waals surface area contributed by atoms with Gasteiger partial charge in [0.15, 0.2) is 0 Å². The molecule has 2 aliphatic heterocycles. The van der Waals surface area contributed by atoms with Crippen molar-refractivity contribution in [3.05, 3.63) is 35.4 Å². The number of rotatable bonds is 2. The molecule has 2 saturated heterocycles. The van der Waals surface area contributed by atoms with Gasteiger partial charge >= 0.3 is 0 Å². The van der Waals surface area contributed by atoms with E-state index in [1.54, 1.807) is 0 Å². The Labute approximate surface area is 119 Å². The number of carbonyl (C=O) groups excluding carboxylic acids is 1. The van der Waals surface area contributed by atoms with Gasteiger partial charge in [-0.15, -0.1) is 0 Å². The van der Waals surface area contributed by atoms with Gasteiger partial charge in [-0.25, -0.2) is 0 Å². The number of benzene rings is 1. The Morgan fingerprint density at radius 1 is 1.20 bits per heavy atom. The lowest BCUT2D eigenvalue weighted by atomic mass is 9.95. The van der Waals surface area contributed by atoms with Crippen molar-refractivity contribution in [1.82, 2.24) is 4.90 Å².